The number of allylic oxidation sites excluding steroid dienone is 7. The first-order valence-electron chi connectivity index (χ1n) is 23.2. The molecule has 2 aromatic carbocycles. The van der Waals surface area contributed by atoms with Gasteiger partial charge < -0.3 is 19.2 Å². The third-order valence-corrected chi connectivity index (χ3v) is 15.8. The second kappa shape index (κ2) is 22.8. The number of unbranched alkanes of at least 4 members (excludes halogenated alkanes) is 3. The second-order valence-electron chi connectivity index (χ2n) is 19.3. The van der Waals surface area contributed by atoms with Crippen LogP contribution in [0.3, 0.4) is 0 Å². The lowest BCUT2D eigenvalue weighted by Gasteiger charge is -2.29. The number of carboxylic acids is 1. The number of thioether (sulfide) groups is 1. The Bertz CT molecular complexity index is 2470. The van der Waals surface area contributed by atoms with Crippen molar-refractivity contribution in [3.05, 3.63) is 106 Å². The molecule has 0 saturated carbocycles. The number of ether oxygens (including phenoxy) is 1. The molecule has 0 atom stereocenters. The van der Waals surface area contributed by atoms with E-state index in [2.05, 4.69) is 97.9 Å². The van der Waals surface area contributed by atoms with Crippen LogP contribution in [0.4, 0.5) is 11.4 Å². The molecular formula is C50H71N3O10S3+2. The number of para-hydroxylation sites is 2. The monoisotopic (exact) mass is 969 g/mol. The molecule has 16 heteroatoms. The summed E-state index contributed by atoms with van der Waals surface area (Å²) in [4.78, 5) is 27.7. The topological polar surface area (TPSA) is 179 Å². The van der Waals surface area contributed by atoms with E-state index in [1.807, 2.05) is 26.2 Å². The van der Waals surface area contributed by atoms with Gasteiger partial charge in [0.05, 0.1) is 44.0 Å². The van der Waals surface area contributed by atoms with Gasteiger partial charge in [-0.2, -0.15) is 21.4 Å². The minimum atomic E-state index is -4.04. The molecule has 0 spiro atoms. The fraction of sp³-hybridized carbons (Fsp3) is 0.540. The number of quaternary nitrogens is 1. The molecule has 362 valence electrons. The Morgan fingerprint density at radius 3 is 2.20 bits per heavy atom. The molecule has 66 heavy (non-hydrogen) atoms. The van der Waals surface area contributed by atoms with Crippen LogP contribution in [0, 0.1) is 0 Å². The minimum Gasteiger partial charge on any atom is -0.481 e. The zero-order chi connectivity index (χ0) is 48.3. The van der Waals surface area contributed by atoms with Gasteiger partial charge in [-0.15, -0.1) is 11.8 Å². The first-order valence-corrected chi connectivity index (χ1v) is 27.4. The van der Waals surface area contributed by atoms with Crippen molar-refractivity contribution in [2.24, 2.45) is 0 Å². The average molecular weight is 970 g/mol. The Kier molecular flexibility index (Phi) is 18.3. The summed E-state index contributed by atoms with van der Waals surface area (Å²) >= 11 is 1.60. The van der Waals surface area contributed by atoms with Crippen LogP contribution in [0.15, 0.2) is 94.6 Å². The maximum Gasteiger partial charge on any atom is 0.305 e. The van der Waals surface area contributed by atoms with Gasteiger partial charge in [0.2, 0.25) is 5.69 Å². The summed E-state index contributed by atoms with van der Waals surface area (Å²) < 4.78 is 71.8. The van der Waals surface area contributed by atoms with E-state index >= 15 is 0 Å². The summed E-state index contributed by atoms with van der Waals surface area (Å²) in [5, 5.41) is 9.61. The number of nitrogens with zero attached hydrogens (tertiary/aromatic N) is 3. The number of likely N-dealkylation sites (N-methyl/N-ethyl adjacent to an activating group) is 1. The molecule has 13 nitrogen and oxygen atoms in total. The van der Waals surface area contributed by atoms with Gasteiger partial charge in [-0.05, 0) is 87.6 Å². The quantitative estimate of drug-likeness (QED) is 0.0283. The van der Waals surface area contributed by atoms with E-state index < -0.39 is 26.2 Å². The van der Waals surface area contributed by atoms with E-state index in [0.29, 0.717) is 62.0 Å². The molecule has 0 amide bonds. The number of hydrogen-bond donors (Lipinski definition) is 3. The molecule has 3 N–H and O–H groups in total. The summed E-state index contributed by atoms with van der Waals surface area (Å²) in [6.45, 7) is 11.6. The molecule has 0 aromatic heterocycles. The highest BCUT2D eigenvalue weighted by Crippen LogP contribution is 2.48. The van der Waals surface area contributed by atoms with E-state index in [9.17, 15) is 36.1 Å². The van der Waals surface area contributed by atoms with Crippen LogP contribution in [0.1, 0.15) is 109 Å². The van der Waals surface area contributed by atoms with Crippen molar-refractivity contribution in [3.8, 4) is 0 Å². The fourth-order valence-electron chi connectivity index (χ4n) is 9.31. The van der Waals surface area contributed by atoms with Gasteiger partial charge >= 0.3 is 11.9 Å². The predicted molar refractivity (Wildman–Crippen MR) is 265 cm³/mol. The Morgan fingerprint density at radius 2 is 1.48 bits per heavy atom. The van der Waals surface area contributed by atoms with E-state index in [4.69, 9.17) is 9.29 Å². The lowest BCUT2D eigenvalue weighted by Crippen LogP contribution is -2.43. The third kappa shape index (κ3) is 14.7. The summed E-state index contributed by atoms with van der Waals surface area (Å²) in [7, 11) is -4.17. The van der Waals surface area contributed by atoms with Crippen LogP contribution in [-0.4, -0.2) is 122 Å². The number of anilines is 1. The van der Waals surface area contributed by atoms with Crippen molar-refractivity contribution in [2.45, 2.75) is 109 Å². The van der Waals surface area contributed by atoms with E-state index in [0.717, 1.165) is 60.5 Å². The maximum atomic E-state index is 12.6. The summed E-state index contributed by atoms with van der Waals surface area (Å²) in [6, 6.07) is 16.8. The molecule has 0 fully saturated rings. The lowest BCUT2D eigenvalue weighted by atomic mass is 9.81. The van der Waals surface area contributed by atoms with Gasteiger partial charge in [0.1, 0.15) is 19.7 Å². The SMILES string of the molecule is CC1(C)C(/C=C/C2=C(SCCC(=O)O)C(=C/C=C3/N(CCCCS(=O)(=O)O)c4ccccc4C3(C)C)/CCC2)=[N+](CCCCCC(=O)OCC[N+](C)(C)CCCS(=O)(=O)O)c2ccccc21. The van der Waals surface area contributed by atoms with Crippen molar-refractivity contribution in [1.82, 2.24) is 0 Å². The first kappa shape index (κ1) is 52.9. The number of carbonyl (C=O) groups is 2. The molecule has 0 unspecified atom stereocenters. The molecular weight excluding hydrogens is 899 g/mol. The summed E-state index contributed by atoms with van der Waals surface area (Å²) in [5.74, 6) is -1.21. The minimum absolute atomic E-state index is 0.0455. The van der Waals surface area contributed by atoms with E-state index in [-0.39, 0.29) is 41.3 Å². The van der Waals surface area contributed by atoms with Crippen molar-refractivity contribution in [1.29, 1.82) is 0 Å². The molecule has 2 aromatic rings. The highest BCUT2D eigenvalue weighted by molar-refractivity contribution is 8.03. The van der Waals surface area contributed by atoms with Crippen LogP contribution < -0.4 is 4.90 Å². The Morgan fingerprint density at radius 1 is 0.803 bits per heavy atom. The number of carboxylic acid groups (broad SMARTS) is 1. The van der Waals surface area contributed by atoms with Crippen LogP contribution in [0.2, 0.25) is 0 Å². The zero-order valence-corrected chi connectivity index (χ0v) is 42.1. The summed E-state index contributed by atoms with van der Waals surface area (Å²) in [5.41, 5.74) is 8.70. The Labute approximate surface area is 397 Å². The van der Waals surface area contributed by atoms with Gasteiger partial charge in [0.15, 0.2) is 5.71 Å². The van der Waals surface area contributed by atoms with Crippen molar-refractivity contribution < 1.29 is 54.4 Å². The number of carbonyl (C=O) groups excluding carboxylic acids is 1. The Hall–Kier alpha value is -4.06. The van der Waals surface area contributed by atoms with Crippen LogP contribution >= 0.6 is 11.8 Å². The van der Waals surface area contributed by atoms with Crippen LogP contribution in [0.25, 0.3) is 0 Å². The highest BCUT2D eigenvalue weighted by atomic mass is 32.2. The van der Waals surface area contributed by atoms with Gasteiger partial charge in [-0.25, -0.2) is 0 Å². The normalized spacial score (nSPS) is 18.5. The van der Waals surface area contributed by atoms with E-state index in [1.165, 1.54) is 28.1 Å². The standard InChI is InChI=1S/C50H69N3O10S3/c1-49(2)40-20-9-11-22-42(40)51(30-13-7-8-24-47(56)63-34-33-53(5,6)32-17-37-66(60,61)62)44(49)27-25-38-18-16-19-39(48(38)64-35-29-46(54)55)26-28-45-50(3,4)41-21-10-12-23-43(41)52(45)31-14-15-36-65(57,58)59/h9-12,20-23,25-28H,7-8,13-19,24,29-37H2,1-6H3,(H-2,54,55,57,58,59,60,61,62)/p+2. The smallest absolute Gasteiger partial charge is 0.305 e. The molecule has 2 heterocycles. The number of rotatable bonds is 25. The van der Waals surface area contributed by atoms with Gasteiger partial charge in [0, 0.05) is 71.0 Å². The second-order valence-corrected chi connectivity index (χ2v) is 23.5. The van der Waals surface area contributed by atoms with Crippen molar-refractivity contribution in [2.75, 3.05) is 69.0 Å². The predicted octanol–water partition coefficient (Wildman–Crippen LogP) is 9.00. The largest absolute Gasteiger partial charge is 0.481 e. The molecule has 0 radical (unpaired) electrons. The lowest BCUT2D eigenvalue weighted by molar-refractivity contribution is -0.890. The van der Waals surface area contributed by atoms with E-state index in [1.54, 1.807) is 11.8 Å². The maximum absolute atomic E-state index is 12.6. The average Bonchev–Trinajstić information content (AvgIpc) is 3.57. The van der Waals surface area contributed by atoms with Gasteiger partial charge in [0.25, 0.3) is 20.2 Å². The molecule has 0 bridgehead atoms. The van der Waals surface area contributed by atoms with Gasteiger partial charge in [-0.3, -0.25) is 18.7 Å². The van der Waals surface area contributed by atoms with Gasteiger partial charge in [-0.1, -0.05) is 62.4 Å². The molecule has 3 aliphatic rings. The van der Waals surface area contributed by atoms with Crippen molar-refractivity contribution >= 4 is 61.0 Å². The number of fused-ring (bicyclic) bond motifs is 2. The van der Waals surface area contributed by atoms with Crippen LogP contribution in [0.5, 0.6) is 0 Å². The molecule has 2 aliphatic heterocycles. The fourth-order valence-corrected chi connectivity index (χ4v) is 11.6. The summed E-state index contributed by atoms with van der Waals surface area (Å²) in [6.07, 6.45) is 15.5. The molecule has 0 saturated heterocycles. The highest BCUT2D eigenvalue weighted by Gasteiger charge is 2.44. The molecule has 5 rings (SSSR count). The zero-order valence-electron chi connectivity index (χ0n) is 39.6. The number of aliphatic carboxylic acids is 1. The number of benzene rings is 2. The van der Waals surface area contributed by atoms with Crippen molar-refractivity contribution in [3.63, 3.8) is 0 Å². The molecule has 1 aliphatic carbocycles. The number of hydrogen-bond acceptors (Lipinski definition) is 9. The third-order valence-electron chi connectivity index (χ3n) is 12.9. The van der Waals surface area contributed by atoms with Crippen LogP contribution in [-0.2, 0) is 45.4 Å². The first-order chi connectivity index (χ1) is 31.0. The Balaban J connectivity index is 1.34. The number of esters is 1.